The highest BCUT2D eigenvalue weighted by atomic mass is 32.2. The summed E-state index contributed by atoms with van der Waals surface area (Å²) >= 11 is 0. The Balaban J connectivity index is 2.12. The van der Waals surface area contributed by atoms with Crippen LogP contribution in [0.5, 0.6) is 0 Å². The van der Waals surface area contributed by atoms with Gasteiger partial charge in [0.2, 0.25) is 10.0 Å². The summed E-state index contributed by atoms with van der Waals surface area (Å²) in [5, 5.41) is 1.68. The van der Waals surface area contributed by atoms with E-state index in [9.17, 15) is 8.42 Å². The third kappa shape index (κ3) is 2.46. The molecule has 1 fully saturated rings. The molecule has 2 unspecified atom stereocenters. The minimum Gasteiger partial charge on any atom is -0.315 e. The van der Waals surface area contributed by atoms with E-state index in [4.69, 9.17) is 5.73 Å². The first-order valence-electron chi connectivity index (χ1n) is 7.27. The second kappa shape index (κ2) is 5.40. The third-order valence-electron chi connectivity index (χ3n) is 4.29. The van der Waals surface area contributed by atoms with Crippen LogP contribution < -0.4 is 5.73 Å². The highest BCUT2D eigenvalue weighted by Gasteiger charge is 2.35. The first-order valence-corrected chi connectivity index (χ1v) is 8.71. The molecule has 0 amide bonds. The molecule has 0 aliphatic carbocycles. The fraction of sp³-hybridized carbons (Fsp3) is 0.375. The normalized spacial score (nSPS) is 24.3. The van der Waals surface area contributed by atoms with E-state index >= 15 is 0 Å². The standard InChI is InChI=1S/C16H20N2O2S/c1-12-6-5-11-18(16(12)17)21(19,20)15-10-4-8-13-7-2-3-9-14(13)15/h2-4,7-10,12,16H,5-6,11,17H2,1H3. The van der Waals surface area contributed by atoms with Crippen molar-refractivity contribution in [2.75, 3.05) is 6.54 Å². The molecule has 2 aromatic rings. The Hall–Kier alpha value is -1.43. The lowest BCUT2D eigenvalue weighted by Gasteiger charge is -2.36. The number of hydrogen-bond donors (Lipinski definition) is 1. The van der Waals surface area contributed by atoms with Gasteiger partial charge in [-0.2, -0.15) is 4.31 Å². The van der Waals surface area contributed by atoms with Crippen LogP contribution in [-0.2, 0) is 10.0 Å². The Morgan fingerprint density at radius 2 is 1.86 bits per heavy atom. The molecule has 3 rings (SSSR count). The first-order chi connectivity index (χ1) is 10.0. The number of nitrogens with zero attached hydrogens (tertiary/aromatic N) is 1. The van der Waals surface area contributed by atoms with E-state index in [1.807, 2.05) is 37.3 Å². The number of benzene rings is 2. The topological polar surface area (TPSA) is 63.4 Å². The number of nitrogens with two attached hydrogens (primary N) is 1. The molecule has 2 atom stereocenters. The summed E-state index contributed by atoms with van der Waals surface area (Å²) in [6.07, 6.45) is 1.39. The van der Waals surface area contributed by atoms with Crippen LogP contribution in [0.4, 0.5) is 0 Å². The third-order valence-corrected chi connectivity index (χ3v) is 6.25. The summed E-state index contributed by atoms with van der Waals surface area (Å²) in [6.45, 7) is 2.51. The molecule has 2 N–H and O–H groups in total. The van der Waals surface area contributed by atoms with Crippen LogP contribution in [-0.4, -0.2) is 25.4 Å². The Morgan fingerprint density at radius 1 is 1.14 bits per heavy atom. The number of fused-ring (bicyclic) bond motifs is 1. The Morgan fingerprint density at radius 3 is 2.67 bits per heavy atom. The van der Waals surface area contributed by atoms with Crippen molar-refractivity contribution in [3.05, 3.63) is 42.5 Å². The van der Waals surface area contributed by atoms with Crippen molar-refractivity contribution in [3.63, 3.8) is 0 Å². The predicted octanol–water partition coefficient (Wildman–Crippen LogP) is 2.55. The molecule has 2 aromatic carbocycles. The lowest BCUT2D eigenvalue weighted by molar-refractivity contribution is 0.192. The summed E-state index contributed by atoms with van der Waals surface area (Å²) in [6, 6.07) is 12.9. The molecular formula is C16H20N2O2S. The van der Waals surface area contributed by atoms with Crippen LogP contribution in [0, 0.1) is 5.92 Å². The second-order valence-electron chi connectivity index (χ2n) is 5.70. The lowest BCUT2D eigenvalue weighted by atomic mass is 9.99. The first kappa shape index (κ1) is 14.5. The van der Waals surface area contributed by atoms with E-state index in [0.717, 1.165) is 23.6 Å². The van der Waals surface area contributed by atoms with Gasteiger partial charge in [0, 0.05) is 11.9 Å². The molecule has 0 aromatic heterocycles. The fourth-order valence-electron chi connectivity index (χ4n) is 3.00. The summed E-state index contributed by atoms with van der Waals surface area (Å²) in [5.41, 5.74) is 6.14. The summed E-state index contributed by atoms with van der Waals surface area (Å²) in [4.78, 5) is 0.352. The van der Waals surface area contributed by atoms with E-state index < -0.39 is 16.2 Å². The largest absolute Gasteiger partial charge is 0.315 e. The van der Waals surface area contributed by atoms with Gasteiger partial charge in [-0.25, -0.2) is 8.42 Å². The minimum atomic E-state index is -3.56. The van der Waals surface area contributed by atoms with Gasteiger partial charge in [-0.15, -0.1) is 0 Å². The van der Waals surface area contributed by atoms with Crippen LogP contribution in [0.25, 0.3) is 10.8 Å². The van der Waals surface area contributed by atoms with Crippen LogP contribution in [0.15, 0.2) is 47.4 Å². The van der Waals surface area contributed by atoms with Crippen LogP contribution in [0.1, 0.15) is 19.8 Å². The highest BCUT2D eigenvalue weighted by Crippen LogP contribution is 2.30. The summed E-state index contributed by atoms with van der Waals surface area (Å²) < 4.78 is 27.5. The van der Waals surface area contributed by atoms with Crippen molar-refractivity contribution in [3.8, 4) is 0 Å². The average molecular weight is 304 g/mol. The number of sulfonamides is 1. The fourth-order valence-corrected chi connectivity index (χ4v) is 4.86. The molecule has 0 spiro atoms. The maximum atomic E-state index is 13.0. The molecule has 1 aliphatic rings. The molecule has 1 heterocycles. The van der Waals surface area contributed by atoms with Gasteiger partial charge >= 0.3 is 0 Å². The Bertz CT molecular complexity index is 752. The number of piperidine rings is 1. The van der Waals surface area contributed by atoms with Gasteiger partial charge < -0.3 is 5.73 Å². The van der Waals surface area contributed by atoms with Crippen molar-refractivity contribution in [1.29, 1.82) is 0 Å². The summed E-state index contributed by atoms with van der Waals surface area (Å²) in [7, 11) is -3.56. The van der Waals surface area contributed by atoms with Crippen molar-refractivity contribution in [2.24, 2.45) is 11.7 Å². The zero-order valence-electron chi connectivity index (χ0n) is 12.1. The van der Waals surface area contributed by atoms with Gasteiger partial charge in [0.1, 0.15) is 0 Å². The van der Waals surface area contributed by atoms with Crippen LogP contribution in [0.2, 0.25) is 0 Å². The molecule has 5 heteroatoms. The maximum absolute atomic E-state index is 13.0. The average Bonchev–Trinajstić information content (AvgIpc) is 2.49. The SMILES string of the molecule is CC1CCCN(S(=O)(=O)c2cccc3ccccc23)C1N. The smallest absolute Gasteiger partial charge is 0.245 e. The van der Waals surface area contributed by atoms with Gasteiger partial charge in [0.15, 0.2) is 0 Å². The zero-order valence-corrected chi connectivity index (χ0v) is 12.9. The number of hydrogen-bond acceptors (Lipinski definition) is 3. The predicted molar refractivity (Wildman–Crippen MR) is 84.2 cm³/mol. The van der Waals surface area contributed by atoms with E-state index in [0.29, 0.717) is 11.4 Å². The highest BCUT2D eigenvalue weighted by molar-refractivity contribution is 7.89. The number of rotatable bonds is 2. The maximum Gasteiger partial charge on any atom is 0.245 e. The molecule has 1 saturated heterocycles. The molecule has 112 valence electrons. The molecule has 21 heavy (non-hydrogen) atoms. The summed E-state index contributed by atoms with van der Waals surface area (Å²) in [5.74, 6) is 0.184. The van der Waals surface area contributed by atoms with E-state index in [-0.39, 0.29) is 5.92 Å². The van der Waals surface area contributed by atoms with Crippen molar-refractivity contribution < 1.29 is 8.42 Å². The molecular weight excluding hydrogens is 284 g/mol. The molecule has 0 saturated carbocycles. The molecule has 1 aliphatic heterocycles. The van der Waals surface area contributed by atoms with Gasteiger partial charge in [0.05, 0.1) is 11.1 Å². The molecule has 4 nitrogen and oxygen atoms in total. The van der Waals surface area contributed by atoms with Crippen LogP contribution >= 0.6 is 0 Å². The lowest BCUT2D eigenvalue weighted by Crippen LogP contribution is -2.52. The van der Waals surface area contributed by atoms with Gasteiger partial charge in [-0.1, -0.05) is 43.3 Å². The minimum absolute atomic E-state index is 0.184. The Labute approximate surface area is 125 Å². The van der Waals surface area contributed by atoms with E-state index in [1.54, 1.807) is 12.1 Å². The van der Waals surface area contributed by atoms with E-state index in [2.05, 4.69) is 0 Å². The van der Waals surface area contributed by atoms with Gasteiger partial charge in [0.25, 0.3) is 0 Å². The van der Waals surface area contributed by atoms with Gasteiger partial charge in [-0.3, -0.25) is 0 Å². The van der Waals surface area contributed by atoms with Crippen LogP contribution in [0.3, 0.4) is 0 Å². The molecule has 0 bridgehead atoms. The molecule has 0 radical (unpaired) electrons. The zero-order chi connectivity index (χ0) is 15.0. The van der Waals surface area contributed by atoms with Crippen molar-refractivity contribution in [2.45, 2.75) is 30.8 Å². The second-order valence-corrected chi connectivity index (χ2v) is 7.56. The monoisotopic (exact) mass is 304 g/mol. The van der Waals surface area contributed by atoms with Gasteiger partial charge in [-0.05, 0) is 30.2 Å². The van der Waals surface area contributed by atoms with Crippen molar-refractivity contribution in [1.82, 2.24) is 4.31 Å². The van der Waals surface area contributed by atoms with E-state index in [1.165, 1.54) is 4.31 Å². The quantitative estimate of drug-likeness (QED) is 0.927. The Kier molecular flexibility index (Phi) is 3.73. The van der Waals surface area contributed by atoms with Crippen molar-refractivity contribution >= 4 is 20.8 Å².